The Labute approximate surface area is 108 Å². The molecule has 0 aromatic carbocycles. The molecule has 1 fully saturated rings. The summed E-state index contributed by atoms with van der Waals surface area (Å²) in [5.41, 5.74) is 5.52. The molecule has 1 atom stereocenters. The van der Waals surface area contributed by atoms with Crippen molar-refractivity contribution in [2.75, 3.05) is 26.3 Å². The molecule has 1 unspecified atom stereocenters. The molecule has 0 amide bonds. The van der Waals surface area contributed by atoms with Gasteiger partial charge in [-0.15, -0.1) is 0 Å². The van der Waals surface area contributed by atoms with E-state index in [0.29, 0.717) is 32.7 Å². The predicted octanol–water partition coefficient (Wildman–Crippen LogP) is -0.392. The molecular formula is C9H19N3O3S2. The summed E-state index contributed by atoms with van der Waals surface area (Å²) in [6.45, 7) is 3.53. The van der Waals surface area contributed by atoms with Crippen molar-refractivity contribution in [3.63, 3.8) is 0 Å². The fraction of sp³-hybridized carbons (Fsp3) is 0.889. The van der Waals surface area contributed by atoms with E-state index in [2.05, 4.69) is 4.72 Å². The van der Waals surface area contributed by atoms with Crippen molar-refractivity contribution in [2.45, 2.75) is 25.8 Å². The van der Waals surface area contributed by atoms with Gasteiger partial charge in [-0.05, 0) is 6.42 Å². The van der Waals surface area contributed by atoms with E-state index >= 15 is 0 Å². The molecule has 0 spiro atoms. The van der Waals surface area contributed by atoms with Crippen LogP contribution in [0.15, 0.2) is 0 Å². The van der Waals surface area contributed by atoms with Crippen molar-refractivity contribution in [1.82, 2.24) is 9.03 Å². The lowest BCUT2D eigenvalue weighted by molar-refractivity contribution is 0.0724. The largest absolute Gasteiger partial charge is 0.392 e. The van der Waals surface area contributed by atoms with E-state index in [9.17, 15) is 8.42 Å². The van der Waals surface area contributed by atoms with Gasteiger partial charge in [0.15, 0.2) is 0 Å². The summed E-state index contributed by atoms with van der Waals surface area (Å²) >= 11 is 4.86. The number of hydrogen-bond acceptors (Lipinski definition) is 4. The minimum absolute atomic E-state index is 0.184. The van der Waals surface area contributed by atoms with Gasteiger partial charge in [-0.25, -0.2) is 0 Å². The number of nitrogens with two attached hydrogens (primary N) is 1. The normalized spacial score (nSPS) is 20.1. The van der Waals surface area contributed by atoms with Gasteiger partial charge in [0.2, 0.25) is 0 Å². The zero-order valence-electron chi connectivity index (χ0n) is 9.89. The molecule has 0 bridgehead atoms. The quantitative estimate of drug-likeness (QED) is 0.648. The van der Waals surface area contributed by atoms with Gasteiger partial charge in [-0.2, -0.15) is 17.4 Å². The summed E-state index contributed by atoms with van der Waals surface area (Å²) in [5, 5.41) is 0. The highest BCUT2D eigenvalue weighted by atomic mass is 32.2. The Bertz CT molecular complexity index is 352. The lowest BCUT2D eigenvalue weighted by Crippen LogP contribution is -2.52. The van der Waals surface area contributed by atoms with E-state index in [4.69, 9.17) is 22.7 Å². The van der Waals surface area contributed by atoms with Gasteiger partial charge in [-0.3, -0.25) is 0 Å². The minimum Gasteiger partial charge on any atom is -0.392 e. The van der Waals surface area contributed by atoms with Gasteiger partial charge in [0, 0.05) is 13.1 Å². The third kappa shape index (κ3) is 4.47. The summed E-state index contributed by atoms with van der Waals surface area (Å²) in [6, 6.07) is -0.470. The predicted molar refractivity (Wildman–Crippen MR) is 69.9 cm³/mol. The summed E-state index contributed by atoms with van der Waals surface area (Å²) in [7, 11) is -3.51. The molecule has 0 aromatic heterocycles. The Hall–Kier alpha value is -0.280. The van der Waals surface area contributed by atoms with Crippen LogP contribution in [0.1, 0.15) is 19.8 Å². The molecule has 0 radical (unpaired) electrons. The fourth-order valence-electron chi connectivity index (χ4n) is 1.59. The zero-order valence-corrected chi connectivity index (χ0v) is 11.5. The summed E-state index contributed by atoms with van der Waals surface area (Å²) < 4.78 is 33.0. The molecule has 8 heteroatoms. The van der Waals surface area contributed by atoms with Crippen molar-refractivity contribution < 1.29 is 13.2 Å². The van der Waals surface area contributed by atoms with Crippen LogP contribution in [0.25, 0.3) is 0 Å². The minimum atomic E-state index is -3.51. The molecule has 1 aliphatic rings. The number of hydrogen-bond donors (Lipinski definition) is 2. The van der Waals surface area contributed by atoms with Gasteiger partial charge in [-0.1, -0.05) is 25.6 Å². The first-order valence-electron chi connectivity index (χ1n) is 5.62. The second-order valence-corrected chi connectivity index (χ2v) is 6.05. The molecule has 3 N–H and O–H groups in total. The Morgan fingerprint density at radius 1 is 1.53 bits per heavy atom. The Morgan fingerprint density at radius 2 is 2.12 bits per heavy atom. The average Bonchev–Trinajstić information content (AvgIpc) is 2.29. The molecule has 1 heterocycles. The first-order chi connectivity index (χ1) is 7.97. The lowest BCUT2D eigenvalue weighted by Gasteiger charge is -2.28. The number of nitrogens with one attached hydrogen (secondary N) is 1. The summed E-state index contributed by atoms with van der Waals surface area (Å²) in [5.74, 6) is 0. The standard InChI is InChI=1S/C9H19N3O3S2/c1-2-3-8(9(10)16)11-17(13,14)12-4-6-15-7-5-12/h8,11H,2-7H2,1H3,(H2,10,16). The Morgan fingerprint density at radius 3 is 2.59 bits per heavy atom. The molecule has 0 aliphatic carbocycles. The second-order valence-electron chi connectivity index (χ2n) is 3.88. The highest BCUT2D eigenvalue weighted by Gasteiger charge is 2.27. The van der Waals surface area contributed by atoms with Gasteiger partial charge >= 0.3 is 0 Å². The Kier molecular flexibility index (Phi) is 5.74. The van der Waals surface area contributed by atoms with Crippen LogP contribution in [0.2, 0.25) is 0 Å². The van der Waals surface area contributed by atoms with E-state index < -0.39 is 16.3 Å². The molecule has 1 rings (SSSR count). The fourth-order valence-corrected chi connectivity index (χ4v) is 3.22. The van der Waals surface area contributed by atoms with Crippen LogP contribution in [0.4, 0.5) is 0 Å². The van der Waals surface area contributed by atoms with Crippen molar-refractivity contribution in [2.24, 2.45) is 5.73 Å². The van der Waals surface area contributed by atoms with Crippen LogP contribution in [0, 0.1) is 0 Å². The van der Waals surface area contributed by atoms with Gasteiger partial charge in [0.05, 0.1) is 24.2 Å². The molecule has 1 aliphatic heterocycles. The highest BCUT2D eigenvalue weighted by molar-refractivity contribution is 7.87. The molecular weight excluding hydrogens is 262 g/mol. The third-order valence-electron chi connectivity index (χ3n) is 2.52. The number of rotatable bonds is 6. The van der Waals surface area contributed by atoms with Crippen molar-refractivity contribution >= 4 is 27.4 Å². The monoisotopic (exact) mass is 281 g/mol. The first kappa shape index (κ1) is 14.8. The number of nitrogens with zero attached hydrogens (tertiary/aromatic N) is 1. The third-order valence-corrected chi connectivity index (χ3v) is 4.43. The highest BCUT2D eigenvalue weighted by Crippen LogP contribution is 2.06. The van der Waals surface area contributed by atoms with Gasteiger partial charge in [0.1, 0.15) is 0 Å². The van der Waals surface area contributed by atoms with Gasteiger partial charge in [0.25, 0.3) is 10.2 Å². The SMILES string of the molecule is CCCC(NS(=O)(=O)N1CCOCC1)C(N)=S. The van der Waals surface area contributed by atoms with Crippen LogP contribution in [0.3, 0.4) is 0 Å². The summed E-state index contributed by atoms with van der Waals surface area (Å²) in [4.78, 5) is 0.184. The van der Waals surface area contributed by atoms with Gasteiger partial charge < -0.3 is 10.5 Å². The molecule has 0 aromatic rings. The number of morpholine rings is 1. The van der Waals surface area contributed by atoms with Crippen LogP contribution in [0.5, 0.6) is 0 Å². The first-order valence-corrected chi connectivity index (χ1v) is 7.46. The van der Waals surface area contributed by atoms with Crippen LogP contribution in [-0.4, -0.2) is 50.1 Å². The van der Waals surface area contributed by atoms with E-state index in [1.165, 1.54) is 4.31 Å². The van der Waals surface area contributed by atoms with Crippen LogP contribution < -0.4 is 10.5 Å². The van der Waals surface area contributed by atoms with E-state index in [0.717, 1.165) is 6.42 Å². The number of thiocarbonyl (C=S) groups is 1. The smallest absolute Gasteiger partial charge is 0.280 e. The maximum Gasteiger partial charge on any atom is 0.280 e. The van der Waals surface area contributed by atoms with E-state index in [1.54, 1.807) is 0 Å². The molecule has 17 heavy (non-hydrogen) atoms. The topological polar surface area (TPSA) is 84.7 Å². The maximum atomic E-state index is 12.0. The molecule has 6 nitrogen and oxygen atoms in total. The molecule has 0 saturated carbocycles. The summed E-state index contributed by atoms with van der Waals surface area (Å²) in [6.07, 6.45) is 1.42. The van der Waals surface area contributed by atoms with E-state index in [-0.39, 0.29) is 4.99 Å². The van der Waals surface area contributed by atoms with Crippen molar-refractivity contribution in [3.05, 3.63) is 0 Å². The van der Waals surface area contributed by atoms with Crippen molar-refractivity contribution in [3.8, 4) is 0 Å². The Balaban J connectivity index is 2.65. The number of ether oxygens (including phenoxy) is 1. The van der Waals surface area contributed by atoms with Crippen molar-refractivity contribution in [1.29, 1.82) is 0 Å². The lowest BCUT2D eigenvalue weighted by atomic mass is 10.2. The van der Waals surface area contributed by atoms with Crippen LogP contribution in [-0.2, 0) is 14.9 Å². The average molecular weight is 281 g/mol. The van der Waals surface area contributed by atoms with E-state index in [1.807, 2.05) is 6.92 Å². The second kappa shape index (κ2) is 6.60. The van der Waals surface area contributed by atoms with Crippen LogP contribution >= 0.6 is 12.2 Å². The molecule has 1 saturated heterocycles. The zero-order chi connectivity index (χ0) is 12.9. The molecule has 100 valence electrons. The maximum absolute atomic E-state index is 12.0.